The first-order valence-electron chi connectivity index (χ1n) is 6.53. The van der Waals surface area contributed by atoms with Gasteiger partial charge in [0.15, 0.2) is 0 Å². The molecule has 0 amide bonds. The van der Waals surface area contributed by atoms with Crippen molar-refractivity contribution in [3.8, 4) is 17.6 Å². The van der Waals surface area contributed by atoms with Gasteiger partial charge in [0, 0.05) is 18.9 Å². The van der Waals surface area contributed by atoms with Crippen LogP contribution < -0.4 is 4.74 Å². The van der Waals surface area contributed by atoms with Crippen LogP contribution in [0.1, 0.15) is 17.5 Å². The Kier molecular flexibility index (Phi) is 5.52. The molecule has 2 rings (SSSR count). The van der Waals surface area contributed by atoms with E-state index in [9.17, 15) is 0 Å². The van der Waals surface area contributed by atoms with Crippen molar-refractivity contribution in [3.63, 3.8) is 0 Å². The highest BCUT2D eigenvalue weighted by Crippen LogP contribution is 2.19. The summed E-state index contributed by atoms with van der Waals surface area (Å²) in [5.41, 5.74) is 2.06. The summed E-state index contributed by atoms with van der Waals surface area (Å²) in [6.07, 6.45) is 6.46. The molecule has 0 atom stereocenters. The van der Waals surface area contributed by atoms with E-state index in [0.29, 0.717) is 12.5 Å². The Morgan fingerprint density at radius 2 is 2.30 bits per heavy atom. The molecule has 104 valence electrons. The van der Waals surface area contributed by atoms with Gasteiger partial charge in [-0.1, -0.05) is 17.9 Å². The van der Waals surface area contributed by atoms with Crippen LogP contribution in [0.5, 0.6) is 5.75 Å². The summed E-state index contributed by atoms with van der Waals surface area (Å²) in [5, 5.41) is 0. The van der Waals surface area contributed by atoms with Crippen LogP contribution in [0.25, 0.3) is 0 Å². The van der Waals surface area contributed by atoms with E-state index >= 15 is 0 Å². The van der Waals surface area contributed by atoms with Gasteiger partial charge in [-0.3, -0.25) is 0 Å². The first-order chi connectivity index (χ1) is 9.79. The Morgan fingerprint density at radius 1 is 1.40 bits per heavy atom. The summed E-state index contributed by atoms with van der Waals surface area (Å²) in [6, 6.07) is 6.01. The van der Waals surface area contributed by atoms with Crippen LogP contribution in [0.4, 0.5) is 0 Å². The second-order valence-corrected chi connectivity index (χ2v) is 4.70. The summed E-state index contributed by atoms with van der Waals surface area (Å²) in [7, 11) is 0. The lowest BCUT2D eigenvalue weighted by atomic mass is 10.1. The van der Waals surface area contributed by atoms with Gasteiger partial charge in [-0.05, 0) is 31.0 Å². The number of hydrogen-bond acceptors (Lipinski definition) is 2. The molecular formula is C16H17ClN2O. The number of aryl methyl sites for hydroxylation is 2. The zero-order valence-corrected chi connectivity index (χ0v) is 12.2. The Morgan fingerprint density at radius 3 is 3.05 bits per heavy atom. The minimum atomic E-state index is 0.327. The van der Waals surface area contributed by atoms with Crippen LogP contribution in [0.3, 0.4) is 0 Å². The fraction of sp³-hybridized carbons (Fsp3) is 0.312. The van der Waals surface area contributed by atoms with Gasteiger partial charge >= 0.3 is 0 Å². The molecule has 1 aromatic heterocycles. The Balaban J connectivity index is 1.91. The van der Waals surface area contributed by atoms with Gasteiger partial charge in [0.25, 0.3) is 0 Å². The molecule has 1 heterocycles. The van der Waals surface area contributed by atoms with E-state index < -0.39 is 0 Å². The Labute approximate surface area is 124 Å². The Hall–Kier alpha value is -1.92. The van der Waals surface area contributed by atoms with Gasteiger partial charge in [-0.2, -0.15) is 0 Å². The van der Waals surface area contributed by atoms with E-state index in [1.807, 2.05) is 42.2 Å². The van der Waals surface area contributed by atoms with Gasteiger partial charge in [0.05, 0.1) is 24.4 Å². The largest absolute Gasteiger partial charge is 0.492 e. The van der Waals surface area contributed by atoms with Crippen molar-refractivity contribution in [2.24, 2.45) is 0 Å². The molecule has 2 aromatic rings. The normalized spacial score (nSPS) is 9.90. The summed E-state index contributed by atoms with van der Waals surface area (Å²) in [4.78, 5) is 4.01. The molecule has 0 aliphatic rings. The van der Waals surface area contributed by atoms with Crippen LogP contribution in [0.15, 0.2) is 36.9 Å². The summed E-state index contributed by atoms with van der Waals surface area (Å²) in [6.45, 7) is 3.58. The van der Waals surface area contributed by atoms with Crippen molar-refractivity contribution in [2.45, 2.75) is 19.9 Å². The number of imidazole rings is 1. The number of ether oxygens (including phenoxy) is 1. The fourth-order valence-corrected chi connectivity index (χ4v) is 1.91. The summed E-state index contributed by atoms with van der Waals surface area (Å²) in [5.74, 6) is 7.05. The predicted molar refractivity (Wildman–Crippen MR) is 81.1 cm³/mol. The first kappa shape index (κ1) is 14.5. The molecule has 3 nitrogen and oxygen atoms in total. The highest BCUT2D eigenvalue weighted by atomic mass is 35.5. The maximum absolute atomic E-state index is 5.81. The molecule has 0 saturated heterocycles. The van der Waals surface area contributed by atoms with E-state index in [1.165, 1.54) is 0 Å². The highest BCUT2D eigenvalue weighted by molar-refractivity contribution is 6.19. The zero-order valence-electron chi connectivity index (χ0n) is 11.5. The van der Waals surface area contributed by atoms with Gasteiger partial charge in [0.1, 0.15) is 5.75 Å². The minimum Gasteiger partial charge on any atom is -0.492 e. The standard InChI is InChI=1S/C16H17ClN2O/c1-14-5-6-16(15(12-14)4-2-7-17)20-11-3-9-19-10-8-18-13-19/h5-6,8,10,12-13H,3,7,9,11H2,1H3. The topological polar surface area (TPSA) is 27.1 Å². The monoisotopic (exact) mass is 288 g/mol. The maximum atomic E-state index is 5.81. The molecular weight excluding hydrogens is 272 g/mol. The predicted octanol–water partition coefficient (Wildman–Crippen LogP) is 3.25. The fourth-order valence-electron chi connectivity index (χ4n) is 1.84. The average Bonchev–Trinajstić information content (AvgIpc) is 2.96. The van der Waals surface area contributed by atoms with E-state index in [2.05, 4.69) is 16.8 Å². The second-order valence-electron chi connectivity index (χ2n) is 4.44. The van der Waals surface area contributed by atoms with Crippen molar-refractivity contribution in [1.82, 2.24) is 9.55 Å². The molecule has 0 spiro atoms. The third kappa shape index (κ3) is 4.32. The third-order valence-electron chi connectivity index (χ3n) is 2.80. The minimum absolute atomic E-state index is 0.327. The van der Waals surface area contributed by atoms with Crippen LogP contribution >= 0.6 is 11.6 Å². The van der Waals surface area contributed by atoms with Crippen molar-refractivity contribution >= 4 is 11.6 Å². The number of rotatable bonds is 5. The number of nitrogens with zero attached hydrogens (tertiary/aromatic N) is 2. The van der Waals surface area contributed by atoms with Crippen LogP contribution in [0, 0.1) is 18.8 Å². The molecule has 20 heavy (non-hydrogen) atoms. The smallest absolute Gasteiger partial charge is 0.134 e. The molecule has 0 aliphatic carbocycles. The lowest BCUT2D eigenvalue weighted by Crippen LogP contribution is -2.04. The van der Waals surface area contributed by atoms with E-state index in [1.54, 1.807) is 6.20 Å². The number of aromatic nitrogens is 2. The third-order valence-corrected chi connectivity index (χ3v) is 2.94. The van der Waals surface area contributed by atoms with E-state index in [-0.39, 0.29) is 0 Å². The number of hydrogen-bond donors (Lipinski definition) is 0. The molecule has 0 bridgehead atoms. The molecule has 0 fully saturated rings. The lowest BCUT2D eigenvalue weighted by molar-refractivity contribution is 0.301. The number of alkyl halides is 1. The molecule has 1 aromatic carbocycles. The summed E-state index contributed by atoms with van der Waals surface area (Å²) >= 11 is 5.60. The molecule has 0 unspecified atom stereocenters. The second kappa shape index (κ2) is 7.62. The van der Waals surface area contributed by atoms with E-state index in [4.69, 9.17) is 16.3 Å². The van der Waals surface area contributed by atoms with Gasteiger partial charge in [-0.25, -0.2) is 4.98 Å². The zero-order chi connectivity index (χ0) is 14.2. The van der Waals surface area contributed by atoms with E-state index in [0.717, 1.165) is 29.8 Å². The SMILES string of the molecule is Cc1ccc(OCCCn2ccnc2)c(C#CCCl)c1. The van der Waals surface area contributed by atoms with Crippen molar-refractivity contribution in [3.05, 3.63) is 48.0 Å². The first-order valence-corrected chi connectivity index (χ1v) is 7.07. The van der Waals surface area contributed by atoms with Crippen LogP contribution in [0.2, 0.25) is 0 Å². The molecule has 4 heteroatoms. The molecule has 0 aliphatic heterocycles. The lowest BCUT2D eigenvalue weighted by Gasteiger charge is -2.09. The summed E-state index contributed by atoms with van der Waals surface area (Å²) < 4.78 is 7.84. The molecule has 0 radical (unpaired) electrons. The van der Waals surface area contributed by atoms with Crippen molar-refractivity contribution in [1.29, 1.82) is 0 Å². The molecule has 0 N–H and O–H groups in total. The van der Waals surface area contributed by atoms with Gasteiger partial charge < -0.3 is 9.30 Å². The number of halogens is 1. The van der Waals surface area contributed by atoms with Gasteiger partial charge in [0.2, 0.25) is 0 Å². The Bertz CT molecular complexity index is 597. The quantitative estimate of drug-likeness (QED) is 0.480. The van der Waals surface area contributed by atoms with Crippen LogP contribution in [-0.4, -0.2) is 22.0 Å². The number of benzene rings is 1. The molecule has 0 saturated carbocycles. The maximum Gasteiger partial charge on any atom is 0.134 e. The van der Waals surface area contributed by atoms with Crippen molar-refractivity contribution in [2.75, 3.05) is 12.5 Å². The highest BCUT2D eigenvalue weighted by Gasteiger charge is 2.02. The van der Waals surface area contributed by atoms with Gasteiger partial charge in [-0.15, -0.1) is 11.6 Å². The average molecular weight is 289 g/mol. The van der Waals surface area contributed by atoms with Crippen molar-refractivity contribution < 1.29 is 4.74 Å². The van der Waals surface area contributed by atoms with Crippen LogP contribution in [-0.2, 0) is 6.54 Å².